The topological polar surface area (TPSA) is 38.9 Å². The molecule has 3 rings (SSSR count). The summed E-state index contributed by atoms with van der Waals surface area (Å²) in [6.07, 6.45) is 8.68. The average molecular weight is 230 g/mol. The van der Waals surface area contributed by atoms with Crippen molar-refractivity contribution in [1.29, 1.82) is 0 Å². The van der Waals surface area contributed by atoms with Crippen LogP contribution in [0.25, 0.3) is 11.1 Å². The predicted molar refractivity (Wildman–Crippen MR) is 68.6 cm³/mol. The van der Waals surface area contributed by atoms with Crippen LogP contribution in [0.3, 0.4) is 0 Å². The van der Waals surface area contributed by atoms with E-state index in [1.807, 2.05) is 12.3 Å². The minimum absolute atomic E-state index is 0.958. The summed E-state index contributed by atoms with van der Waals surface area (Å²) in [4.78, 5) is 5.67. The third-order valence-corrected chi connectivity index (χ3v) is 4.27. The van der Waals surface area contributed by atoms with Gasteiger partial charge in [0.05, 0.1) is 5.00 Å². The second-order valence-electron chi connectivity index (χ2n) is 4.19. The van der Waals surface area contributed by atoms with E-state index in [4.69, 9.17) is 5.73 Å². The van der Waals surface area contributed by atoms with Crippen LogP contribution in [0.15, 0.2) is 24.5 Å². The van der Waals surface area contributed by atoms with Gasteiger partial charge in [0.1, 0.15) is 0 Å². The highest BCUT2D eigenvalue weighted by Gasteiger charge is 2.20. The number of nitrogen functional groups attached to an aromatic ring is 1. The van der Waals surface area contributed by atoms with E-state index in [0.29, 0.717) is 0 Å². The number of nitrogens with two attached hydrogens (primary N) is 1. The van der Waals surface area contributed by atoms with Crippen molar-refractivity contribution in [1.82, 2.24) is 4.98 Å². The summed E-state index contributed by atoms with van der Waals surface area (Å²) < 4.78 is 0. The minimum Gasteiger partial charge on any atom is -0.390 e. The first kappa shape index (κ1) is 9.85. The fourth-order valence-corrected chi connectivity index (χ4v) is 3.60. The summed E-state index contributed by atoms with van der Waals surface area (Å²) in [5.74, 6) is 0. The number of aryl methyl sites for hydroxylation is 1. The Balaban J connectivity index is 2.17. The van der Waals surface area contributed by atoms with E-state index in [-0.39, 0.29) is 0 Å². The van der Waals surface area contributed by atoms with E-state index in [9.17, 15) is 0 Å². The zero-order valence-electron chi connectivity index (χ0n) is 9.07. The van der Waals surface area contributed by atoms with Crippen LogP contribution in [-0.4, -0.2) is 4.98 Å². The Labute approximate surface area is 99.1 Å². The molecule has 0 aliphatic heterocycles. The maximum absolute atomic E-state index is 6.14. The highest BCUT2D eigenvalue weighted by molar-refractivity contribution is 7.16. The molecule has 82 valence electrons. The first-order chi connectivity index (χ1) is 7.86. The zero-order valence-corrected chi connectivity index (χ0v) is 9.89. The highest BCUT2D eigenvalue weighted by atomic mass is 32.1. The van der Waals surface area contributed by atoms with Gasteiger partial charge >= 0.3 is 0 Å². The molecule has 2 aromatic heterocycles. The van der Waals surface area contributed by atoms with E-state index in [1.165, 1.54) is 47.3 Å². The Morgan fingerprint density at radius 2 is 2.12 bits per heavy atom. The molecule has 0 saturated carbocycles. The Bertz CT molecular complexity index is 502. The van der Waals surface area contributed by atoms with Gasteiger partial charge in [-0.05, 0) is 37.3 Å². The fraction of sp³-hybridized carbons (Fsp3) is 0.308. The van der Waals surface area contributed by atoms with Crippen molar-refractivity contribution in [2.45, 2.75) is 25.7 Å². The van der Waals surface area contributed by atoms with Gasteiger partial charge in [-0.2, -0.15) is 0 Å². The van der Waals surface area contributed by atoms with Crippen LogP contribution in [0.5, 0.6) is 0 Å². The molecular formula is C13H14N2S. The van der Waals surface area contributed by atoms with Gasteiger partial charge in [-0.3, -0.25) is 4.98 Å². The van der Waals surface area contributed by atoms with Crippen LogP contribution in [0.1, 0.15) is 23.3 Å². The molecular weight excluding hydrogens is 216 g/mol. The van der Waals surface area contributed by atoms with Crippen LogP contribution in [0.2, 0.25) is 0 Å². The number of thiophene rings is 1. The van der Waals surface area contributed by atoms with Crippen LogP contribution in [0, 0.1) is 0 Å². The van der Waals surface area contributed by atoms with E-state index in [2.05, 4.69) is 11.1 Å². The second-order valence-corrected chi connectivity index (χ2v) is 5.33. The Hall–Kier alpha value is -1.35. The molecule has 0 radical (unpaired) electrons. The van der Waals surface area contributed by atoms with Crippen LogP contribution < -0.4 is 5.73 Å². The van der Waals surface area contributed by atoms with E-state index in [1.54, 1.807) is 17.5 Å². The molecule has 0 fully saturated rings. The smallest absolute Gasteiger partial charge is 0.0942 e. The summed E-state index contributed by atoms with van der Waals surface area (Å²) in [7, 11) is 0. The lowest BCUT2D eigenvalue weighted by Crippen LogP contribution is -1.99. The molecule has 2 heterocycles. The minimum atomic E-state index is 0.958. The summed E-state index contributed by atoms with van der Waals surface area (Å²) in [6.45, 7) is 0. The Morgan fingerprint density at radius 1 is 1.25 bits per heavy atom. The number of pyridine rings is 1. The summed E-state index contributed by atoms with van der Waals surface area (Å²) in [5.41, 5.74) is 10.0. The van der Waals surface area contributed by atoms with Crippen LogP contribution >= 0.6 is 11.3 Å². The first-order valence-corrected chi connectivity index (χ1v) is 6.48. The molecule has 1 aliphatic carbocycles. The number of aromatic nitrogens is 1. The first-order valence-electron chi connectivity index (χ1n) is 5.66. The van der Waals surface area contributed by atoms with Crippen molar-refractivity contribution in [2.24, 2.45) is 0 Å². The lowest BCUT2D eigenvalue weighted by atomic mass is 9.93. The number of fused-ring (bicyclic) bond motifs is 1. The average Bonchev–Trinajstić information content (AvgIpc) is 2.66. The van der Waals surface area contributed by atoms with E-state index < -0.39 is 0 Å². The SMILES string of the molecule is Nc1sc2c(c1-c1cccnc1)CCCC2. The molecule has 16 heavy (non-hydrogen) atoms. The summed E-state index contributed by atoms with van der Waals surface area (Å²) in [6, 6.07) is 4.07. The normalized spacial score (nSPS) is 14.8. The van der Waals surface area contributed by atoms with Gasteiger partial charge in [-0.1, -0.05) is 6.07 Å². The molecule has 0 spiro atoms. The molecule has 0 amide bonds. The predicted octanol–water partition coefficient (Wildman–Crippen LogP) is 3.27. The molecule has 2 N–H and O–H groups in total. The van der Waals surface area contributed by atoms with Crippen molar-refractivity contribution < 1.29 is 0 Å². The van der Waals surface area contributed by atoms with Gasteiger partial charge in [0, 0.05) is 28.4 Å². The van der Waals surface area contributed by atoms with Gasteiger partial charge in [-0.25, -0.2) is 0 Å². The number of anilines is 1. The van der Waals surface area contributed by atoms with Crippen molar-refractivity contribution in [3.63, 3.8) is 0 Å². The molecule has 1 aliphatic rings. The molecule has 0 bridgehead atoms. The third kappa shape index (κ3) is 1.52. The monoisotopic (exact) mass is 230 g/mol. The van der Waals surface area contributed by atoms with Crippen LogP contribution in [0.4, 0.5) is 5.00 Å². The standard InChI is InChI=1S/C13H14N2S/c14-13-12(9-4-3-7-15-8-9)10-5-1-2-6-11(10)16-13/h3-4,7-8H,1-2,5-6,14H2. The van der Waals surface area contributed by atoms with Gasteiger partial charge in [-0.15, -0.1) is 11.3 Å². The Kier molecular flexibility index (Phi) is 2.40. The number of nitrogens with zero attached hydrogens (tertiary/aromatic N) is 1. The number of hydrogen-bond donors (Lipinski definition) is 1. The van der Waals surface area contributed by atoms with Crippen molar-refractivity contribution in [3.8, 4) is 11.1 Å². The molecule has 0 saturated heterocycles. The van der Waals surface area contributed by atoms with Crippen LogP contribution in [-0.2, 0) is 12.8 Å². The largest absolute Gasteiger partial charge is 0.390 e. The molecule has 3 heteroatoms. The van der Waals surface area contributed by atoms with E-state index >= 15 is 0 Å². The van der Waals surface area contributed by atoms with Crippen molar-refractivity contribution >= 4 is 16.3 Å². The van der Waals surface area contributed by atoms with Gasteiger partial charge < -0.3 is 5.73 Å². The second kappa shape index (κ2) is 3.91. The molecule has 0 atom stereocenters. The van der Waals surface area contributed by atoms with Crippen molar-refractivity contribution in [2.75, 3.05) is 5.73 Å². The quantitative estimate of drug-likeness (QED) is 0.816. The van der Waals surface area contributed by atoms with Crippen molar-refractivity contribution in [3.05, 3.63) is 35.0 Å². The summed E-state index contributed by atoms with van der Waals surface area (Å²) in [5, 5.41) is 0.958. The number of rotatable bonds is 1. The van der Waals surface area contributed by atoms with E-state index in [0.717, 1.165) is 5.00 Å². The van der Waals surface area contributed by atoms with Gasteiger partial charge in [0.15, 0.2) is 0 Å². The van der Waals surface area contributed by atoms with Gasteiger partial charge in [0.2, 0.25) is 0 Å². The number of hydrogen-bond acceptors (Lipinski definition) is 3. The summed E-state index contributed by atoms with van der Waals surface area (Å²) >= 11 is 1.76. The highest BCUT2D eigenvalue weighted by Crippen LogP contribution is 2.42. The molecule has 0 aromatic carbocycles. The molecule has 0 unspecified atom stereocenters. The Morgan fingerprint density at radius 3 is 2.94 bits per heavy atom. The fourth-order valence-electron chi connectivity index (χ4n) is 2.41. The third-order valence-electron chi connectivity index (χ3n) is 3.15. The lowest BCUT2D eigenvalue weighted by molar-refractivity contribution is 0.698. The maximum Gasteiger partial charge on any atom is 0.0942 e. The molecule has 2 nitrogen and oxygen atoms in total. The van der Waals surface area contributed by atoms with Gasteiger partial charge in [0.25, 0.3) is 0 Å². The lowest BCUT2D eigenvalue weighted by Gasteiger charge is -2.12. The zero-order chi connectivity index (χ0) is 11.0. The molecule has 2 aromatic rings. The maximum atomic E-state index is 6.14.